The molecule has 220 valence electrons. The molecule has 4 aromatic rings. The maximum absolute atomic E-state index is 14.9. The van der Waals surface area contributed by atoms with Gasteiger partial charge in [0, 0.05) is 30.3 Å². The van der Waals surface area contributed by atoms with E-state index < -0.39 is 28.5 Å². The van der Waals surface area contributed by atoms with Crippen LogP contribution < -0.4 is 21.3 Å². The van der Waals surface area contributed by atoms with Gasteiger partial charge >= 0.3 is 5.69 Å². The average molecular weight is 587 g/mol. The number of ether oxygens (including phenoxy) is 1. The summed E-state index contributed by atoms with van der Waals surface area (Å²) in [6.45, 7) is 8.37. The van der Waals surface area contributed by atoms with Crippen molar-refractivity contribution >= 4 is 27.5 Å². The lowest BCUT2D eigenvalue weighted by Gasteiger charge is -2.27. The number of hydrogen-bond donors (Lipinski definition) is 2. The van der Waals surface area contributed by atoms with Gasteiger partial charge in [-0.2, -0.15) is 10.2 Å². The molecule has 0 aliphatic carbocycles. The number of methoxy groups -OCH3 is 1. The number of aromatic nitrogens is 5. The van der Waals surface area contributed by atoms with Gasteiger partial charge in [-0.15, -0.1) is 4.80 Å². The van der Waals surface area contributed by atoms with E-state index in [1.807, 2.05) is 0 Å². The van der Waals surface area contributed by atoms with Gasteiger partial charge in [-0.1, -0.05) is 11.3 Å². The minimum atomic E-state index is -1.52. The number of halogens is 1. The number of fused-ring (bicyclic) bond motifs is 1. The summed E-state index contributed by atoms with van der Waals surface area (Å²) in [5.74, 6) is -0.447. The van der Waals surface area contributed by atoms with Crippen LogP contribution in [-0.2, 0) is 29.7 Å². The number of nitrogens with one attached hydrogen (secondary N) is 1. The summed E-state index contributed by atoms with van der Waals surface area (Å²) < 4.78 is 22.9. The molecule has 0 bridgehead atoms. The van der Waals surface area contributed by atoms with Gasteiger partial charge in [-0.25, -0.2) is 13.8 Å². The largest absolute Gasteiger partial charge is 0.496 e. The molecule has 1 aromatic carbocycles. The highest BCUT2D eigenvalue weighted by Crippen LogP contribution is 2.32. The Balaban J connectivity index is 1.96. The second-order valence-corrected chi connectivity index (χ2v) is 11.6. The molecule has 13 heteroatoms. The Bertz CT molecular complexity index is 1690. The van der Waals surface area contributed by atoms with Gasteiger partial charge in [0.15, 0.2) is 0 Å². The lowest BCUT2D eigenvalue weighted by atomic mass is 9.98. The van der Waals surface area contributed by atoms with Crippen LogP contribution in [0.4, 0.5) is 4.39 Å². The second kappa shape index (κ2) is 12.0. The maximum Gasteiger partial charge on any atom is 0.333 e. The van der Waals surface area contributed by atoms with Crippen molar-refractivity contribution in [3.05, 3.63) is 67.9 Å². The molecule has 0 aliphatic heterocycles. The van der Waals surface area contributed by atoms with E-state index in [0.717, 1.165) is 4.57 Å². The quantitative estimate of drug-likeness (QED) is 0.276. The zero-order valence-electron chi connectivity index (χ0n) is 24.0. The summed E-state index contributed by atoms with van der Waals surface area (Å²) in [6, 6.07) is 2.64. The fourth-order valence-electron chi connectivity index (χ4n) is 4.93. The molecule has 11 nitrogen and oxygen atoms in total. The third-order valence-corrected chi connectivity index (χ3v) is 8.32. The first-order chi connectivity index (χ1) is 19.4. The number of carbonyl (C=O) groups is 1. The molecular weight excluding hydrogens is 551 g/mol. The molecule has 0 unspecified atom stereocenters. The van der Waals surface area contributed by atoms with Crippen LogP contribution in [0, 0.1) is 12.7 Å². The summed E-state index contributed by atoms with van der Waals surface area (Å²) in [4.78, 5) is 43.1. The number of aliphatic hydroxyl groups is 1. The van der Waals surface area contributed by atoms with E-state index in [2.05, 4.69) is 15.5 Å². The van der Waals surface area contributed by atoms with Crippen molar-refractivity contribution in [2.24, 2.45) is 0 Å². The number of amides is 1. The highest BCUT2D eigenvalue weighted by atomic mass is 32.1. The van der Waals surface area contributed by atoms with Crippen LogP contribution in [0.2, 0.25) is 0 Å². The van der Waals surface area contributed by atoms with Crippen molar-refractivity contribution in [3.8, 4) is 10.8 Å². The van der Waals surface area contributed by atoms with Crippen LogP contribution in [0.5, 0.6) is 5.75 Å². The molecule has 0 radical (unpaired) electrons. The Morgan fingerprint density at radius 3 is 2.46 bits per heavy atom. The van der Waals surface area contributed by atoms with E-state index in [9.17, 15) is 23.9 Å². The Morgan fingerprint density at radius 1 is 1.17 bits per heavy atom. The predicted octanol–water partition coefficient (Wildman–Crippen LogP) is 2.69. The molecule has 4 rings (SSSR count). The van der Waals surface area contributed by atoms with Crippen LogP contribution in [0.1, 0.15) is 50.8 Å². The van der Waals surface area contributed by atoms with Crippen LogP contribution in [0.3, 0.4) is 0 Å². The van der Waals surface area contributed by atoms with E-state index in [1.165, 1.54) is 66.2 Å². The van der Waals surface area contributed by atoms with Gasteiger partial charge in [0.05, 0.1) is 24.9 Å². The lowest BCUT2D eigenvalue weighted by molar-refractivity contribution is -0.129. The number of carbonyl (C=O) groups excluding carboxylic acids is 1. The van der Waals surface area contributed by atoms with E-state index in [4.69, 9.17) is 4.74 Å². The first-order valence-corrected chi connectivity index (χ1v) is 14.2. The van der Waals surface area contributed by atoms with Crippen LogP contribution in [0.15, 0.2) is 34.1 Å². The molecule has 41 heavy (non-hydrogen) atoms. The van der Waals surface area contributed by atoms with Crippen molar-refractivity contribution in [1.29, 1.82) is 0 Å². The Labute approximate surface area is 240 Å². The molecule has 1 amide bonds. The molecule has 0 atom stereocenters. The topological polar surface area (TPSA) is 133 Å². The van der Waals surface area contributed by atoms with Crippen LogP contribution >= 0.6 is 11.3 Å². The molecule has 3 heterocycles. The summed E-state index contributed by atoms with van der Waals surface area (Å²) in [5, 5.41) is 21.4. The Morgan fingerprint density at radius 2 is 1.85 bits per heavy atom. The van der Waals surface area contributed by atoms with E-state index in [1.54, 1.807) is 20.8 Å². The lowest BCUT2D eigenvalue weighted by Crippen LogP contribution is -2.56. The van der Waals surface area contributed by atoms with Crippen molar-refractivity contribution in [1.82, 2.24) is 29.4 Å². The second-order valence-electron chi connectivity index (χ2n) is 10.6. The smallest absolute Gasteiger partial charge is 0.333 e. The standard InChI is InChI=1S/C28H35FN6O5S/c1-16(2)32-26(38)28(4,5)34-23(37)22-17(3)24(35-30-12-13-31-35)41-25(22)33(27(34)39)14-11-19-18(8-7-15-36)20(29)9-10-21(19)40-6/h9-10,12-13,16,36H,7-8,11,14-15H2,1-6H3,(H,32,38). The molecule has 3 aromatic heterocycles. The van der Waals surface area contributed by atoms with Gasteiger partial charge in [-0.05, 0) is 71.6 Å². The number of aliphatic hydroxyl groups excluding tert-OH is 1. The van der Waals surface area contributed by atoms with Crippen LogP contribution in [-0.4, -0.2) is 54.9 Å². The summed E-state index contributed by atoms with van der Waals surface area (Å²) >= 11 is 1.19. The zero-order valence-corrected chi connectivity index (χ0v) is 24.8. The third kappa shape index (κ3) is 5.55. The first-order valence-electron chi connectivity index (χ1n) is 13.4. The van der Waals surface area contributed by atoms with Crippen molar-refractivity contribution in [2.45, 2.75) is 72.0 Å². The number of aryl methyl sites for hydroxylation is 2. The zero-order chi connectivity index (χ0) is 30.1. The van der Waals surface area contributed by atoms with Crippen molar-refractivity contribution in [2.75, 3.05) is 13.7 Å². The summed E-state index contributed by atoms with van der Waals surface area (Å²) in [5.41, 5.74) is -1.24. The number of thiophene rings is 1. The van der Waals surface area contributed by atoms with Crippen molar-refractivity contribution in [3.63, 3.8) is 0 Å². The van der Waals surface area contributed by atoms with Crippen molar-refractivity contribution < 1.29 is 19.0 Å². The number of benzene rings is 1. The first kappa shape index (κ1) is 30.1. The van der Waals surface area contributed by atoms with Gasteiger partial charge in [0.1, 0.15) is 26.9 Å². The van der Waals surface area contributed by atoms with E-state index in [-0.39, 0.29) is 37.4 Å². The fraction of sp³-hybridized carbons (Fsp3) is 0.464. The van der Waals surface area contributed by atoms with Gasteiger partial charge in [0.25, 0.3) is 5.56 Å². The molecule has 0 spiro atoms. The number of hydrogen-bond acceptors (Lipinski definition) is 8. The SMILES string of the molecule is COc1ccc(F)c(CCCO)c1CCn1c(=O)n(C(C)(C)C(=O)NC(C)C)c(=O)c2c(C)c(-n3nccn3)sc21. The highest BCUT2D eigenvalue weighted by molar-refractivity contribution is 7.21. The van der Waals surface area contributed by atoms with Crippen LogP contribution in [0.25, 0.3) is 15.2 Å². The number of rotatable bonds is 11. The minimum absolute atomic E-state index is 0.0648. The highest BCUT2D eigenvalue weighted by Gasteiger charge is 2.36. The molecular formula is C28H35FN6O5S. The van der Waals surface area contributed by atoms with Gasteiger partial charge < -0.3 is 15.2 Å². The molecule has 2 N–H and O–H groups in total. The molecule has 0 saturated heterocycles. The molecule has 0 fully saturated rings. The summed E-state index contributed by atoms with van der Waals surface area (Å²) in [6.07, 6.45) is 3.86. The van der Waals surface area contributed by atoms with Gasteiger partial charge in [-0.3, -0.25) is 14.2 Å². The minimum Gasteiger partial charge on any atom is -0.496 e. The number of nitrogens with zero attached hydrogens (tertiary/aromatic N) is 5. The summed E-state index contributed by atoms with van der Waals surface area (Å²) in [7, 11) is 1.49. The average Bonchev–Trinajstić information content (AvgIpc) is 3.56. The Hall–Kier alpha value is -3.84. The normalized spacial score (nSPS) is 11.9. The maximum atomic E-state index is 14.9. The predicted molar refractivity (Wildman–Crippen MR) is 155 cm³/mol. The molecule has 0 aliphatic rings. The van der Waals surface area contributed by atoms with Gasteiger partial charge in [0.2, 0.25) is 5.91 Å². The Kier molecular flexibility index (Phi) is 8.78. The molecule has 0 saturated carbocycles. The van der Waals surface area contributed by atoms with E-state index in [0.29, 0.717) is 38.7 Å². The monoisotopic (exact) mass is 586 g/mol. The fourth-order valence-corrected chi connectivity index (χ4v) is 6.17. The third-order valence-electron chi connectivity index (χ3n) is 7.04. The van der Waals surface area contributed by atoms with E-state index >= 15 is 0 Å².